The van der Waals surface area contributed by atoms with E-state index in [9.17, 15) is 0 Å². The molecule has 7 heteroatoms. The number of hydrogen-bond donors (Lipinski definition) is 2. The molecule has 2 N–H and O–H groups in total. The van der Waals surface area contributed by atoms with Crippen LogP contribution in [0.1, 0.15) is 5.56 Å². The van der Waals surface area contributed by atoms with E-state index in [4.69, 9.17) is 9.97 Å². The molecule has 0 spiro atoms. The minimum atomic E-state index is 0.639. The number of anilines is 1. The highest BCUT2D eigenvalue weighted by atomic mass is 15.1. The molecular weight excluding hydrogens is 338 g/mol. The Morgan fingerprint density at radius 1 is 0.852 bits per heavy atom. The summed E-state index contributed by atoms with van der Waals surface area (Å²) in [5, 5.41) is 12.5. The van der Waals surface area contributed by atoms with Crippen molar-refractivity contribution in [2.75, 3.05) is 5.32 Å². The summed E-state index contributed by atoms with van der Waals surface area (Å²) in [5.41, 5.74) is 3.80. The van der Waals surface area contributed by atoms with Gasteiger partial charge in [-0.05, 0) is 29.8 Å². The van der Waals surface area contributed by atoms with Gasteiger partial charge in [-0.3, -0.25) is 15.1 Å². The van der Waals surface area contributed by atoms with Crippen LogP contribution in [-0.2, 0) is 6.54 Å². The van der Waals surface area contributed by atoms with Crippen molar-refractivity contribution in [3.8, 4) is 11.4 Å². The molecule has 0 saturated heterocycles. The summed E-state index contributed by atoms with van der Waals surface area (Å²) in [6.45, 7) is 0.645. The first-order valence-corrected chi connectivity index (χ1v) is 8.55. The van der Waals surface area contributed by atoms with Gasteiger partial charge in [0.2, 0.25) is 0 Å². The SMILES string of the molecule is c1cc(-c2nc(NCc3ccncc3)c3ccncc3n2)c2cn[nH]c2c1. The smallest absolute Gasteiger partial charge is 0.162 e. The molecular formula is C20H15N7. The molecule has 0 aliphatic carbocycles. The number of nitrogens with one attached hydrogen (secondary N) is 2. The molecule has 0 amide bonds. The Labute approximate surface area is 154 Å². The van der Waals surface area contributed by atoms with Gasteiger partial charge in [-0.2, -0.15) is 5.10 Å². The molecule has 0 aliphatic heterocycles. The van der Waals surface area contributed by atoms with Gasteiger partial charge in [-0.25, -0.2) is 9.97 Å². The number of H-pyrrole nitrogens is 1. The van der Waals surface area contributed by atoms with Crippen molar-refractivity contribution in [1.82, 2.24) is 30.1 Å². The summed E-state index contributed by atoms with van der Waals surface area (Å²) in [5.74, 6) is 1.41. The second kappa shape index (κ2) is 6.45. The minimum Gasteiger partial charge on any atom is -0.365 e. The standard InChI is InChI=1S/C20H15N7/c1-2-14(16-11-24-27-17(16)3-1)20-25-18-12-22-9-6-15(18)19(26-20)23-10-13-4-7-21-8-5-13/h1-9,11-12H,10H2,(H,24,27)(H,23,25,26). The van der Waals surface area contributed by atoms with Crippen molar-refractivity contribution >= 4 is 27.6 Å². The van der Waals surface area contributed by atoms with E-state index in [2.05, 4.69) is 25.5 Å². The molecule has 0 saturated carbocycles. The Kier molecular flexibility index (Phi) is 3.68. The molecule has 5 rings (SSSR count). The van der Waals surface area contributed by atoms with Crippen molar-refractivity contribution in [3.05, 3.63) is 72.9 Å². The average Bonchev–Trinajstić information content (AvgIpc) is 3.21. The quantitative estimate of drug-likeness (QED) is 0.513. The van der Waals surface area contributed by atoms with E-state index >= 15 is 0 Å². The first kappa shape index (κ1) is 15.4. The summed E-state index contributed by atoms with van der Waals surface area (Å²) in [7, 11) is 0. The lowest BCUT2D eigenvalue weighted by Gasteiger charge is -2.11. The predicted octanol–water partition coefficient (Wildman–Crippen LogP) is 3.58. The maximum atomic E-state index is 4.81. The number of pyridine rings is 2. The van der Waals surface area contributed by atoms with Crippen molar-refractivity contribution in [2.24, 2.45) is 0 Å². The van der Waals surface area contributed by atoms with Gasteiger partial charge in [0.1, 0.15) is 5.82 Å². The molecule has 4 heterocycles. The van der Waals surface area contributed by atoms with Crippen molar-refractivity contribution in [2.45, 2.75) is 6.54 Å². The first-order valence-electron chi connectivity index (χ1n) is 8.55. The average molecular weight is 353 g/mol. The summed E-state index contributed by atoms with van der Waals surface area (Å²) in [6, 6.07) is 11.8. The number of aromatic nitrogens is 6. The molecule has 27 heavy (non-hydrogen) atoms. The van der Waals surface area contributed by atoms with Gasteiger partial charge in [-0.15, -0.1) is 0 Å². The fourth-order valence-corrected chi connectivity index (χ4v) is 3.09. The van der Waals surface area contributed by atoms with E-state index in [1.807, 2.05) is 36.4 Å². The molecule has 0 atom stereocenters. The van der Waals surface area contributed by atoms with E-state index in [1.54, 1.807) is 31.0 Å². The molecule has 0 aliphatic rings. The van der Waals surface area contributed by atoms with Crippen molar-refractivity contribution in [3.63, 3.8) is 0 Å². The number of fused-ring (bicyclic) bond motifs is 2. The lowest BCUT2D eigenvalue weighted by Crippen LogP contribution is -2.04. The van der Waals surface area contributed by atoms with Crippen molar-refractivity contribution in [1.29, 1.82) is 0 Å². The number of rotatable bonds is 4. The zero-order valence-corrected chi connectivity index (χ0v) is 14.3. The monoisotopic (exact) mass is 353 g/mol. The number of aromatic amines is 1. The van der Waals surface area contributed by atoms with Gasteiger partial charge in [0.25, 0.3) is 0 Å². The van der Waals surface area contributed by atoms with Crippen LogP contribution in [0, 0.1) is 0 Å². The van der Waals surface area contributed by atoms with Crippen LogP contribution in [0.3, 0.4) is 0 Å². The third-order valence-corrected chi connectivity index (χ3v) is 4.43. The molecule has 0 unspecified atom stereocenters. The van der Waals surface area contributed by atoms with E-state index in [-0.39, 0.29) is 0 Å². The Morgan fingerprint density at radius 2 is 1.74 bits per heavy atom. The van der Waals surface area contributed by atoms with E-state index in [0.717, 1.165) is 38.8 Å². The van der Waals surface area contributed by atoms with Crippen LogP contribution in [0.4, 0.5) is 5.82 Å². The molecule has 0 fully saturated rings. The molecule has 1 aromatic carbocycles. The van der Waals surface area contributed by atoms with Gasteiger partial charge >= 0.3 is 0 Å². The van der Waals surface area contributed by atoms with E-state index < -0.39 is 0 Å². The molecule has 5 aromatic rings. The largest absolute Gasteiger partial charge is 0.365 e. The van der Waals surface area contributed by atoms with Gasteiger partial charge in [-0.1, -0.05) is 12.1 Å². The highest BCUT2D eigenvalue weighted by molar-refractivity contribution is 5.95. The third kappa shape index (κ3) is 2.85. The molecule has 130 valence electrons. The second-order valence-corrected chi connectivity index (χ2v) is 6.13. The first-order chi connectivity index (χ1) is 13.4. The fraction of sp³-hybridized carbons (Fsp3) is 0.0500. The molecule has 0 radical (unpaired) electrons. The number of benzene rings is 1. The molecule has 7 nitrogen and oxygen atoms in total. The van der Waals surface area contributed by atoms with Crippen LogP contribution < -0.4 is 5.32 Å². The fourth-order valence-electron chi connectivity index (χ4n) is 3.09. The topological polar surface area (TPSA) is 92.3 Å². The van der Waals surface area contributed by atoms with E-state index in [0.29, 0.717) is 12.4 Å². The maximum absolute atomic E-state index is 4.81. The molecule has 4 aromatic heterocycles. The summed E-state index contributed by atoms with van der Waals surface area (Å²) < 4.78 is 0. The zero-order chi connectivity index (χ0) is 18.1. The third-order valence-electron chi connectivity index (χ3n) is 4.43. The van der Waals surface area contributed by atoms with Crippen LogP contribution in [0.15, 0.2) is 67.4 Å². The predicted molar refractivity (Wildman–Crippen MR) is 104 cm³/mol. The highest BCUT2D eigenvalue weighted by Gasteiger charge is 2.12. The van der Waals surface area contributed by atoms with Crippen LogP contribution in [0.5, 0.6) is 0 Å². The highest BCUT2D eigenvalue weighted by Crippen LogP contribution is 2.29. The summed E-state index contributed by atoms with van der Waals surface area (Å²) in [4.78, 5) is 17.8. The van der Waals surface area contributed by atoms with Crippen LogP contribution >= 0.6 is 0 Å². The zero-order valence-electron chi connectivity index (χ0n) is 14.3. The van der Waals surface area contributed by atoms with Crippen LogP contribution in [0.2, 0.25) is 0 Å². The van der Waals surface area contributed by atoms with Crippen LogP contribution in [-0.4, -0.2) is 30.1 Å². The summed E-state index contributed by atoms with van der Waals surface area (Å²) >= 11 is 0. The van der Waals surface area contributed by atoms with Crippen LogP contribution in [0.25, 0.3) is 33.2 Å². The lowest BCUT2D eigenvalue weighted by atomic mass is 10.1. The van der Waals surface area contributed by atoms with Gasteiger partial charge in [0.15, 0.2) is 5.82 Å². The van der Waals surface area contributed by atoms with Crippen molar-refractivity contribution < 1.29 is 0 Å². The Morgan fingerprint density at radius 3 is 2.67 bits per heavy atom. The summed E-state index contributed by atoms with van der Waals surface area (Å²) in [6.07, 6.45) is 8.87. The Bertz CT molecular complexity index is 1230. The number of nitrogens with zero attached hydrogens (tertiary/aromatic N) is 5. The lowest BCUT2D eigenvalue weighted by molar-refractivity contribution is 1.09. The second-order valence-electron chi connectivity index (χ2n) is 6.13. The molecule has 0 bridgehead atoms. The Hall–Kier alpha value is -3.87. The van der Waals surface area contributed by atoms with E-state index in [1.165, 1.54) is 0 Å². The maximum Gasteiger partial charge on any atom is 0.162 e. The van der Waals surface area contributed by atoms with Gasteiger partial charge in [0.05, 0.1) is 23.4 Å². The van der Waals surface area contributed by atoms with Gasteiger partial charge in [0, 0.05) is 41.5 Å². The van der Waals surface area contributed by atoms with Gasteiger partial charge < -0.3 is 5.32 Å². The normalized spacial score (nSPS) is 11.1. The number of hydrogen-bond acceptors (Lipinski definition) is 6. The Balaban J connectivity index is 1.63. The minimum absolute atomic E-state index is 0.639.